The van der Waals surface area contributed by atoms with E-state index in [0.717, 1.165) is 12.8 Å². The van der Waals surface area contributed by atoms with E-state index in [-0.39, 0.29) is 12.4 Å². The van der Waals surface area contributed by atoms with E-state index in [2.05, 4.69) is 6.92 Å². The van der Waals surface area contributed by atoms with Crippen LogP contribution in [0.1, 0.15) is 31.4 Å². The largest absolute Gasteiger partial charge is 0.508 e. The van der Waals surface area contributed by atoms with Gasteiger partial charge in [0.15, 0.2) is 0 Å². The van der Waals surface area contributed by atoms with Gasteiger partial charge >= 0.3 is 0 Å². The second-order valence-corrected chi connectivity index (χ2v) is 3.71. The smallest absolute Gasteiger partial charge is 0.120 e. The lowest BCUT2D eigenvalue weighted by molar-refractivity contribution is 0.264. The van der Waals surface area contributed by atoms with Crippen molar-refractivity contribution in [3.63, 3.8) is 0 Å². The fourth-order valence-electron chi connectivity index (χ4n) is 1.35. The van der Waals surface area contributed by atoms with Gasteiger partial charge in [-0.2, -0.15) is 0 Å². The van der Waals surface area contributed by atoms with Crippen LogP contribution in [0.2, 0.25) is 0 Å². The molecule has 4 nitrogen and oxygen atoms in total. The summed E-state index contributed by atoms with van der Waals surface area (Å²) in [5, 5.41) is 18.5. The Morgan fingerprint density at radius 1 is 1.44 bits per heavy atom. The first-order valence-corrected chi connectivity index (χ1v) is 5.51. The second-order valence-electron chi connectivity index (χ2n) is 3.71. The zero-order valence-corrected chi connectivity index (χ0v) is 9.52. The first-order valence-electron chi connectivity index (χ1n) is 5.51. The number of aromatic hydroxyl groups is 1. The first kappa shape index (κ1) is 12.8. The number of hydrogen-bond acceptors (Lipinski definition) is 4. The Hall–Kier alpha value is -1.26. The number of hydrogen-bond donors (Lipinski definition) is 3. The van der Waals surface area contributed by atoms with Crippen LogP contribution < -0.4 is 10.5 Å². The number of rotatable bonds is 6. The normalized spacial score (nSPS) is 12.4. The topological polar surface area (TPSA) is 75.7 Å². The fourth-order valence-corrected chi connectivity index (χ4v) is 1.35. The standard InChI is InChI=1S/C12H19NO3/c1-2-3-6-16-9-4-5-12(15)10(7-9)11(13)8-14/h4-5,7,11,14-15H,2-3,6,8,13H2,1H3/t11-/m1/s1. The SMILES string of the molecule is CCCCOc1ccc(O)c([C@H](N)CO)c1. The van der Waals surface area contributed by atoms with E-state index in [9.17, 15) is 5.11 Å². The summed E-state index contributed by atoms with van der Waals surface area (Å²) in [5.41, 5.74) is 6.16. The molecule has 4 N–H and O–H groups in total. The molecule has 0 saturated heterocycles. The van der Waals surface area contributed by atoms with Gasteiger partial charge in [-0.1, -0.05) is 13.3 Å². The van der Waals surface area contributed by atoms with Crippen molar-refractivity contribution in [2.24, 2.45) is 5.73 Å². The third kappa shape index (κ3) is 3.40. The average molecular weight is 225 g/mol. The van der Waals surface area contributed by atoms with E-state index in [4.69, 9.17) is 15.6 Å². The Morgan fingerprint density at radius 2 is 2.19 bits per heavy atom. The van der Waals surface area contributed by atoms with Gasteiger partial charge in [-0.3, -0.25) is 0 Å². The maximum atomic E-state index is 9.56. The van der Waals surface area contributed by atoms with E-state index in [0.29, 0.717) is 17.9 Å². The number of benzene rings is 1. The van der Waals surface area contributed by atoms with Gasteiger partial charge in [-0.25, -0.2) is 0 Å². The van der Waals surface area contributed by atoms with Crippen LogP contribution in [0, 0.1) is 0 Å². The highest BCUT2D eigenvalue weighted by atomic mass is 16.5. The summed E-state index contributed by atoms with van der Waals surface area (Å²) in [6.07, 6.45) is 2.06. The van der Waals surface area contributed by atoms with Crippen LogP contribution in [-0.2, 0) is 0 Å². The van der Waals surface area contributed by atoms with Crippen LogP contribution in [0.5, 0.6) is 11.5 Å². The Labute approximate surface area is 95.7 Å². The molecule has 0 aliphatic carbocycles. The molecule has 4 heteroatoms. The highest BCUT2D eigenvalue weighted by molar-refractivity contribution is 5.41. The number of nitrogens with two attached hydrogens (primary N) is 1. The molecule has 0 spiro atoms. The van der Waals surface area contributed by atoms with Gasteiger partial charge in [-0.15, -0.1) is 0 Å². The quantitative estimate of drug-likeness (QED) is 0.642. The minimum Gasteiger partial charge on any atom is -0.508 e. The average Bonchev–Trinajstić information content (AvgIpc) is 2.30. The Bertz CT molecular complexity index is 328. The van der Waals surface area contributed by atoms with E-state index in [1.165, 1.54) is 6.07 Å². The van der Waals surface area contributed by atoms with Crippen LogP contribution in [0.15, 0.2) is 18.2 Å². The lowest BCUT2D eigenvalue weighted by atomic mass is 10.1. The van der Waals surface area contributed by atoms with Crippen LogP contribution in [0.25, 0.3) is 0 Å². The zero-order valence-electron chi connectivity index (χ0n) is 9.52. The maximum Gasteiger partial charge on any atom is 0.120 e. The predicted molar refractivity (Wildman–Crippen MR) is 62.5 cm³/mol. The summed E-state index contributed by atoms with van der Waals surface area (Å²) in [7, 11) is 0. The molecule has 1 atom stereocenters. The molecule has 0 unspecified atom stereocenters. The molecule has 1 rings (SSSR count). The van der Waals surface area contributed by atoms with Crippen molar-refractivity contribution in [1.82, 2.24) is 0 Å². The van der Waals surface area contributed by atoms with Gasteiger partial charge < -0.3 is 20.7 Å². The number of ether oxygens (including phenoxy) is 1. The van der Waals surface area contributed by atoms with Gasteiger partial charge in [0.25, 0.3) is 0 Å². The van der Waals surface area contributed by atoms with Crippen molar-refractivity contribution in [2.45, 2.75) is 25.8 Å². The van der Waals surface area contributed by atoms with Crippen molar-refractivity contribution in [1.29, 1.82) is 0 Å². The van der Waals surface area contributed by atoms with Crippen molar-refractivity contribution >= 4 is 0 Å². The van der Waals surface area contributed by atoms with Crippen LogP contribution in [0.3, 0.4) is 0 Å². The molecule has 0 aliphatic rings. The van der Waals surface area contributed by atoms with Gasteiger partial charge in [0.2, 0.25) is 0 Å². The second kappa shape index (κ2) is 6.35. The molecule has 0 aromatic heterocycles. The fraction of sp³-hybridized carbons (Fsp3) is 0.500. The molecule has 0 amide bonds. The van der Waals surface area contributed by atoms with Crippen molar-refractivity contribution in [3.8, 4) is 11.5 Å². The molecule has 0 heterocycles. The number of phenolic OH excluding ortho intramolecular Hbond substituents is 1. The molecular weight excluding hydrogens is 206 g/mol. The van der Waals surface area contributed by atoms with Crippen LogP contribution in [0.4, 0.5) is 0 Å². The Balaban J connectivity index is 2.73. The van der Waals surface area contributed by atoms with Crippen molar-refractivity contribution in [2.75, 3.05) is 13.2 Å². The predicted octanol–water partition coefficient (Wildman–Crippen LogP) is 1.56. The summed E-state index contributed by atoms with van der Waals surface area (Å²) in [5.74, 6) is 0.759. The number of aliphatic hydroxyl groups is 1. The Morgan fingerprint density at radius 3 is 2.81 bits per heavy atom. The number of unbranched alkanes of at least 4 members (excludes halogenated alkanes) is 1. The summed E-state index contributed by atoms with van der Waals surface area (Å²) >= 11 is 0. The van der Waals surface area contributed by atoms with E-state index in [1.807, 2.05) is 0 Å². The van der Waals surface area contributed by atoms with Gasteiger partial charge in [0.1, 0.15) is 11.5 Å². The first-order chi connectivity index (χ1) is 7.69. The third-order valence-corrected chi connectivity index (χ3v) is 2.36. The summed E-state index contributed by atoms with van der Waals surface area (Å²) in [6.45, 7) is 2.54. The van der Waals surface area contributed by atoms with E-state index in [1.54, 1.807) is 12.1 Å². The molecule has 90 valence electrons. The molecule has 0 aliphatic heterocycles. The molecule has 0 bridgehead atoms. The number of phenols is 1. The summed E-state index contributed by atoms with van der Waals surface area (Å²) in [4.78, 5) is 0. The van der Waals surface area contributed by atoms with Crippen molar-refractivity contribution < 1.29 is 14.9 Å². The summed E-state index contributed by atoms with van der Waals surface area (Å²) in [6, 6.07) is 4.33. The van der Waals surface area contributed by atoms with Crippen LogP contribution >= 0.6 is 0 Å². The van der Waals surface area contributed by atoms with Crippen molar-refractivity contribution in [3.05, 3.63) is 23.8 Å². The third-order valence-electron chi connectivity index (χ3n) is 2.36. The van der Waals surface area contributed by atoms with Crippen LogP contribution in [-0.4, -0.2) is 23.4 Å². The molecule has 0 radical (unpaired) electrons. The lowest BCUT2D eigenvalue weighted by Gasteiger charge is -2.13. The number of aliphatic hydroxyl groups excluding tert-OH is 1. The highest BCUT2D eigenvalue weighted by Gasteiger charge is 2.10. The minimum absolute atomic E-state index is 0.0874. The molecular formula is C12H19NO3. The molecule has 0 fully saturated rings. The molecule has 0 saturated carbocycles. The summed E-state index contributed by atoms with van der Waals surface area (Å²) < 4.78 is 5.49. The zero-order chi connectivity index (χ0) is 12.0. The highest BCUT2D eigenvalue weighted by Crippen LogP contribution is 2.27. The van der Waals surface area contributed by atoms with Gasteiger partial charge in [0, 0.05) is 5.56 Å². The monoisotopic (exact) mass is 225 g/mol. The lowest BCUT2D eigenvalue weighted by Crippen LogP contribution is -2.14. The van der Waals surface area contributed by atoms with E-state index < -0.39 is 6.04 Å². The van der Waals surface area contributed by atoms with E-state index >= 15 is 0 Å². The molecule has 16 heavy (non-hydrogen) atoms. The molecule has 1 aromatic rings. The van der Waals surface area contributed by atoms with Gasteiger partial charge in [-0.05, 0) is 24.6 Å². The Kier molecular flexibility index (Phi) is 5.08. The maximum absolute atomic E-state index is 9.56. The van der Waals surface area contributed by atoms with Gasteiger partial charge in [0.05, 0.1) is 19.3 Å². The minimum atomic E-state index is -0.574. The molecule has 1 aromatic carbocycles.